The molecule has 0 saturated carbocycles. The van der Waals surface area contributed by atoms with Gasteiger partial charge in [0.1, 0.15) is 0 Å². The molecule has 16 heavy (non-hydrogen) atoms. The van der Waals surface area contributed by atoms with Gasteiger partial charge in [0, 0.05) is 17.6 Å². The van der Waals surface area contributed by atoms with Gasteiger partial charge in [-0.3, -0.25) is 4.68 Å². The Morgan fingerprint density at radius 3 is 3.00 bits per heavy atom. The number of hydrogen-bond donors (Lipinski definition) is 1. The van der Waals surface area contributed by atoms with Gasteiger partial charge in [-0.15, -0.1) is 16.9 Å². The molecule has 0 aliphatic heterocycles. The van der Waals surface area contributed by atoms with Crippen molar-refractivity contribution in [1.29, 1.82) is 0 Å². The van der Waals surface area contributed by atoms with Crippen LogP contribution in [0.25, 0.3) is 0 Å². The molecule has 2 rings (SSSR count). The number of nitrogens with one attached hydrogen (secondary N) is 1. The van der Waals surface area contributed by atoms with E-state index in [4.69, 9.17) is 0 Å². The summed E-state index contributed by atoms with van der Waals surface area (Å²) in [6, 6.07) is 8.34. The lowest BCUT2D eigenvalue weighted by atomic mass is 10.3. The number of hydrogen-bond acceptors (Lipinski definition) is 4. The van der Waals surface area contributed by atoms with Gasteiger partial charge in [0.05, 0.1) is 18.4 Å². The lowest BCUT2D eigenvalue weighted by Gasteiger charge is -2.07. The normalized spacial score (nSPS) is 10.4. The minimum atomic E-state index is 0.737. The molecule has 0 unspecified atom stereocenters. The van der Waals surface area contributed by atoms with Gasteiger partial charge in [-0.05, 0) is 24.5 Å². The Kier molecular flexibility index (Phi) is 3.46. The van der Waals surface area contributed by atoms with Gasteiger partial charge in [0.25, 0.3) is 0 Å². The van der Waals surface area contributed by atoms with Gasteiger partial charge in [-0.1, -0.05) is 11.3 Å². The second-order valence-corrected chi connectivity index (χ2v) is 4.31. The van der Waals surface area contributed by atoms with E-state index in [-0.39, 0.29) is 0 Å². The highest BCUT2D eigenvalue weighted by Crippen LogP contribution is 2.19. The van der Waals surface area contributed by atoms with Crippen molar-refractivity contribution in [3.63, 3.8) is 0 Å². The van der Waals surface area contributed by atoms with Crippen LogP contribution in [-0.4, -0.2) is 21.2 Å². The highest BCUT2D eigenvalue weighted by Gasteiger charge is 1.99. The molecule has 0 bridgehead atoms. The molecular formula is C11H14N4S. The van der Waals surface area contributed by atoms with Crippen LogP contribution in [0, 0.1) is 0 Å². The Bertz CT molecular complexity index is 467. The molecule has 0 spiro atoms. The average molecular weight is 234 g/mol. The molecule has 1 aromatic heterocycles. The van der Waals surface area contributed by atoms with Gasteiger partial charge >= 0.3 is 0 Å². The van der Waals surface area contributed by atoms with Gasteiger partial charge in [-0.2, -0.15) is 0 Å². The van der Waals surface area contributed by atoms with Crippen LogP contribution in [0.2, 0.25) is 0 Å². The first-order valence-electron chi connectivity index (χ1n) is 5.01. The van der Waals surface area contributed by atoms with Crippen molar-refractivity contribution in [3.8, 4) is 0 Å². The summed E-state index contributed by atoms with van der Waals surface area (Å²) in [5.41, 5.74) is 2.18. The third-order valence-corrected chi connectivity index (χ3v) is 3.08. The van der Waals surface area contributed by atoms with E-state index in [9.17, 15) is 0 Å². The third-order valence-electron chi connectivity index (χ3n) is 2.35. The van der Waals surface area contributed by atoms with Gasteiger partial charge in [0.15, 0.2) is 0 Å². The van der Waals surface area contributed by atoms with E-state index in [1.807, 2.05) is 7.05 Å². The molecule has 4 nitrogen and oxygen atoms in total. The van der Waals surface area contributed by atoms with E-state index in [1.165, 1.54) is 4.90 Å². The monoisotopic (exact) mass is 234 g/mol. The van der Waals surface area contributed by atoms with Crippen molar-refractivity contribution >= 4 is 17.4 Å². The molecule has 0 atom stereocenters. The highest BCUT2D eigenvalue weighted by molar-refractivity contribution is 7.98. The number of anilines is 1. The lowest BCUT2D eigenvalue weighted by Crippen LogP contribution is -2.05. The molecule has 0 aliphatic rings. The quantitative estimate of drug-likeness (QED) is 0.823. The van der Waals surface area contributed by atoms with Crippen molar-refractivity contribution in [1.82, 2.24) is 15.0 Å². The van der Waals surface area contributed by atoms with E-state index in [0.717, 1.165) is 17.9 Å². The summed E-state index contributed by atoms with van der Waals surface area (Å²) in [4.78, 5) is 1.26. The molecule has 1 N–H and O–H groups in total. The molecule has 84 valence electrons. The summed E-state index contributed by atoms with van der Waals surface area (Å²) in [6.07, 6.45) is 3.84. The molecular weight excluding hydrogens is 220 g/mol. The van der Waals surface area contributed by atoms with Crippen LogP contribution in [0.1, 0.15) is 5.69 Å². The number of rotatable bonds is 4. The average Bonchev–Trinajstić information content (AvgIpc) is 2.72. The Morgan fingerprint density at radius 2 is 2.31 bits per heavy atom. The van der Waals surface area contributed by atoms with E-state index < -0.39 is 0 Å². The molecule has 2 aromatic rings. The molecule has 0 radical (unpaired) electrons. The molecule has 0 amide bonds. The van der Waals surface area contributed by atoms with Crippen LogP contribution < -0.4 is 5.32 Å². The fourth-order valence-electron chi connectivity index (χ4n) is 1.40. The zero-order valence-electron chi connectivity index (χ0n) is 9.34. The molecule has 1 aromatic carbocycles. The zero-order valence-corrected chi connectivity index (χ0v) is 10.2. The van der Waals surface area contributed by atoms with Crippen LogP contribution in [0.5, 0.6) is 0 Å². The Morgan fingerprint density at radius 1 is 1.44 bits per heavy atom. The number of nitrogens with zero attached hydrogens (tertiary/aromatic N) is 3. The summed E-state index contributed by atoms with van der Waals surface area (Å²) in [7, 11) is 1.89. The van der Waals surface area contributed by atoms with Crippen molar-refractivity contribution < 1.29 is 0 Å². The molecule has 5 heteroatoms. The van der Waals surface area contributed by atoms with Crippen LogP contribution in [-0.2, 0) is 13.6 Å². The summed E-state index contributed by atoms with van der Waals surface area (Å²) < 4.78 is 1.77. The maximum atomic E-state index is 3.89. The van der Waals surface area contributed by atoms with Crippen LogP contribution in [0.3, 0.4) is 0 Å². The van der Waals surface area contributed by atoms with E-state index in [0.29, 0.717) is 0 Å². The van der Waals surface area contributed by atoms with E-state index in [1.54, 1.807) is 22.6 Å². The first-order chi connectivity index (χ1) is 7.79. The molecule has 0 fully saturated rings. The summed E-state index contributed by atoms with van der Waals surface area (Å²) in [5.74, 6) is 0. The van der Waals surface area contributed by atoms with Crippen molar-refractivity contribution in [2.75, 3.05) is 11.6 Å². The smallest absolute Gasteiger partial charge is 0.0774 e. The largest absolute Gasteiger partial charge is 0.379 e. The SMILES string of the molecule is CSc1cccc(NCc2cnnn2C)c1. The summed E-state index contributed by atoms with van der Waals surface area (Å²) >= 11 is 1.74. The van der Waals surface area contributed by atoms with Gasteiger partial charge < -0.3 is 5.32 Å². The number of thioether (sulfide) groups is 1. The van der Waals surface area contributed by atoms with Crippen molar-refractivity contribution in [2.24, 2.45) is 7.05 Å². The van der Waals surface area contributed by atoms with Crippen LogP contribution in [0.15, 0.2) is 35.4 Å². The fraction of sp³-hybridized carbons (Fsp3) is 0.273. The van der Waals surface area contributed by atoms with E-state index in [2.05, 4.69) is 46.2 Å². The summed E-state index contributed by atoms with van der Waals surface area (Å²) in [6.45, 7) is 0.737. The predicted octanol–water partition coefficient (Wildman–Crippen LogP) is 2.15. The minimum absolute atomic E-state index is 0.737. The Hall–Kier alpha value is -1.49. The predicted molar refractivity (Wildman–Crippen MR) is 66.6 cm³/mol. The zero-order chi connectivity index (χ0) is 11.4. The maximum Gasteiger partial charge on any atom is 0.0774 e. The maximum absolute atomic E-state index is 3.89. The first-order valence-corrected chi connectivity index (χ1v) is 6.23. The molecule has 0 saturated heterocycles. The topological polar surface area (TPSA) is 42.7 Å². The highest BCUT2D eigenvalue weighted by atomic mass is 32.2. The second kappa shape index (κ2) is 5.03. The van der Waals surface area contributed by atoms with Crippen LogP contribution >= 0.6 is 11.8 Å². The van der Waals surface area contributed by atoms with Gasteiger partial charge in [-0.25, -0.2) is 0 Å². The van der Waals surface area contributed by atoms with Crippen molar-refractivity contribution in [3.05, 3.63) is 36.2 Å². The number of aryl methyl sites for hydroxylation is 1. The third kappa shape index (κ3) is 2.55. The summed E-state index contributed by atoms with van der Waals surface area (Å²) in [5, 5.41) is 11.1. The van der Waals surface area contributed by atoms with Gasteiger partial charge in [0.2, 0.25) is 0 Å². The Balaban J connectivity index is 2.02. The van der Waals surface area contributed by atoms with Crippen LogP contribution in [0.4, 0.5) is 5.69 Å². The lowest BCUT2D eigenvalue weighted by molar-refractivity contribution is 0.683. The fourth-order valence-corrected chi connectivity index (χ4v) is 1.86. The molecule has 0 aliphatic carbocycles. The second-order valence-electron chi connectivity index (χ2n) is 3.43. The standard InChI is InChI=1S/C11H14N4S/c1-15-10(8-13-14-15)7-12-9-4-3-5-11(6-9)16-2/h3-6,8,12H,7H2,1-2H3. The molecule has 1 heterocycles. The first kappa shape index (κ1) is 11.0. The number of aromatic nitrogens is 3. The van der Waals surface area contributed by atoms with E-state index >= 15 is 0 Å². The Labute approximate surface area is 99.1 Å². The van der Waals surface area contributed by atoms with Crippen molar-refractivity contribution in [2.45, 2.75) is 11.4 Å². The number of benzene rings is 1. The minimum Gasteiger partial charge on any atom is -0.379 e.